The summed E-state index contributed by atoms with van der Waals surface area (Å²) < 4.78 is 5.79. The fraction of sp³-hybridized carbons (Fsp3) is 0.400. The van der Waals surface area contributed by atoms with E-state index in [1.54, 1.807) is 12.4 Å². The lowest BCUT2D eigenvalue weighted by molar-refractivity contribution is -0.122. The summed E-state index contributed by atoms with van der Waals surface area (Å²) in [5.41, 5.74) is 2.39. The van der Waals surface area contributed by atoms with Gasteiger partial charge in [-0.25, -0.2) is 0 Å². The minimum Gasteiger partial charge on any atom is -0.493 e. The Hall–Kier alpha value is -2.40. The van der Waals surface area contributed by atoms with Crippen molar-refractivity contribution < 1.29 is 9.53 Å². The monoisotopic (exact) mass is 339 g/mol. The zero-order valence-corrected chi connectivity index (χ0v) is 14.6. The Morgan fingerprint density at radius 3 is 2.92 bits per heavy atom. The van der Waals surface area contributed by atoms with Gasteiger partial charge < -0.3 is 10.1 Å². The van der Waals surface area contributed by atoms with Gasteiger partial charge in [0.15, 0.2) is 0 Å². The number of carbonyl (C=O) groups excluding carboxylic acids is 1. The minimum absolute atomic E-state index is 0.0648. The summed E-state index contributed by atoms with van der Waals surface area (Å²) in [6, 6.07) is 12.1. The van der Waals surface area contributed by atoms with Gasteiger partial charge in [-0.2, -0.15) is 0 Å². The molecule has 25 heavy (non-hydrogen) atoms. The molecule has 1 N–H and O–H groups in total. The first-order valence-electron chi connectivity index (χ1n) is 8.75. The van der Waals surface area contributed by atoms with Crippen LogP contribution in [0.15, 0.2) is 48.8 Å². The number of para-hydroxylation sites is 1. The van der Waals surface area contributed by atoms with E-state index in [-0.39, 0.29) is 5.91 Å². The third-order valence-corrected chi connectivity index (χ3v) is 4.47. The van der Waals surface area contributed by atoms with E-state index < -0.39 is 0 Å². The van der Waals surface area contributed by atoms with Crippen LogP contribution in [0.2, 0.25) is 0 Å². The molecule has 0 fully saturated rings. The number of ether oxygens (including phenoxy) is 1. The van der Waals surface area contributed by atoms with Gasteiger partial charge in [0, 0.05) is 25.5 Å². The highest BCUT2D eigenvalue weighted by atomic mass is 16.5. The smallest absolute Gasteiger partial charge is 0.234 e. The molecular weight excluding hydrogens is 314 g/mol. The molecule has 1 atom stereocenters. The molecule has 3 rings (SSSR count). The van der Waals surface area contributed by atoms with Gasteiger partial charge in [0.25, 0.3) is 0 Å². The normalized spacial score (nSPS) is 16.6. The molecule has 0 radical (unpaired) electrons. The predicted octanol–water partition coefficient (Wildman–Crippen LogP) is 2.27. The van der Waals surface area contributed by atoms with Crippen molar-refractivity contribution >= 4 is 5.91 Å². The maximum atomic E-state index is 12.2. The third kappa shape index (κ3) is 5.29. The Bertz CT molecular complexity index is 690. The molecule has 0 aliphatic carbocycles. The van der Waals surface area contributed by atoms with Crippen molar-refractivity contribution in [3.8, 4) is 5.75 Å². The number of nitrogens with one attached hydrogen (secondary N) is 1. The standard InChI is InChI=1S/C20H25N3O2/c1-23(14-16-6-9-21-10-7-16)15-20(24)22-13-17-8-11-25-19-5-3-2-4-18(19)12-17/h2-7,9-10,17H,8,11-15H2,1H3,(H,22,24)/t17-/m1/s1. The minimum atomic E-state index is 0.0648. The quantitative estimate of drug-likeness (QED) is 0.877. The van der Waals surface area contributed by atoms with E-state index in [4.69, 9.17) is 4.74 Å². The summed E-state index contributed by atoms with van der Waals surface area (Å²) >= 11 is 0. The van der Waals surface area contributed by atoms with Gasteiger partial charge in [-0.3, -0.25) is 14.7 Å². The first-order chi connectivity index (χ1) is 12.2. The SMILES string of the molecule is CN(CC(=O)NC[C@@H]1CCOc2ccccc2C1)Cc1ccncc1. The van der Waals surface area contributed by atoms with E-state index in [0.717, 1.165) is 30.7 Å². The second-order valence-electron chi connectivity index (χ2n) is 6.65. The molecule has 1 aliphatic rings. The van der Waals surface area contributed by atoms with Crippen molar-refractivity contribution in [1.82, 2.24) is 15.2 Å². The molecule has 2 aromatic rings. The molecule has 5 heteroatoms. The summed E-state index contributed by atoms with van der Waals surface area (Å²) in [7, 11) is 1.95. The van der Waals surface area contributed by atoms with Gasteiger partial charge in [-0.1, -0.05) is 18.2 Å². The molecule has 1 aromatic carbocycles. The first kappa shape index (κ1) is 17.4. The number of hydrogen-bond acceptors (Lipinski definition) is 4. The van der Waals surface area contributed by atoms with Gasteiger partial charge in [0.1, 0.15) is 5.75 Å². The number of rotatable bonds is 6. The lowest BCUT2D eigenvalue weighted by atomic mass is 9.97. The van der Waals surface area contributed by atoms with E-state index >= 15 is 0 Å². The van der Waals surface area contributed by atoms with Crippen molar-refractivity contribution in [3.05, 3.63) is 59.9 Å². The molecule has 1 aliphatic heterocycles. The summed E-state index contributed by atoms with van der Waals surface area (Å²) in [5, 5.41) is 3.08. The number of nitrogens with zero attached hydrogens (tertiary/aromatic N) is 2. The highest BCUT2D eigenvalue weighted by Gasteiger charge is 2.18. The molecule has 5 nitrogen and oxygen atoms in total. The number of hydrogen-bond donors (Lipinski definition) is 1. The number of likely N-dealkylation sites (N-methyl/N-ethyl adjacent to an activating group) is 1. The highest BCUT2D eigenvalue weighted by molar-refractivity contribution is 5.77. The van der Waals surface area contributed by atoms with Crippen LogP contribution in [0.4, 0.5) is 0 Å². The van der Waals surface area contributed by atoms with E-state index in [0.29, 0.717) is 25.6 Å². The zero-order valence-electron chi connectivity index (χ0n) is 14.6. The van der Waals surface area contributed by atoms with Gasteiger partial charge in [0.2, 0.25) is 5.91 Å². The van der Waals surface area contributed by atoms with Gasteiger partial charge >= 0.3 is 0 Å². The summed E-state index contributed by atoms with van der Waals surface area (Å²) in [4.78, 5) is 18.2. The molecule has 1 amide bonds. The Morgan fingerprint density at radius 2 is 2.08 bits per heavy atom. The van der Waals surface area contributed by atoms with Crippen LogP contribution in [0.1, 0.15) is 17.5 Å². The van der Waals surface area contributed by atoms with Crippen LogP contribution in [0.3, 0.4) is 0 Å². The highest BCUT2D eigenvalue weighted by Crippen LogP contribution is 2.26. The zero-order chi connectivity index (χ0) is 17.5. The topological polar surface area (TPSA) is 54.5 Å². The number of fused-ring (bicyclic) bond motifs is 1. The molecule has 2 heterocycles. The number of aromatic nitrogens is 1. The van der Waals surface area contributed by atoms with Crippen LogP contribution in [0.5, 0.6) is 5.75 Å². The molecule has 0 unspecified atom stereocenters. The van der Waals surface area contributed by atoms with E-state index in [9.17, 15) is 4.79 Å². The summed E-state index contributed by atoms with van der Waals surface area (Å²) in [6.45, 7) is 2.53. The largest absolute Gasteiger partial charge is 0.493 e. The molecule has 0 saturated carbocycles. The Kier molecular flexibility index (Phi) is 6.01. The number of carbonyl (C=O) groups is 1. The average molecular weight is 339 g/mol. The fourth-order valence-electron chi connectivity index (χ4n) is 3.15. The van der Waals surface area contributed by atoms with E-state index in [2.05, 4.69) is 16.4 Å². The maximum Gasteiger partial charge on any atom is 0.234 e. The molecule has 0 saturated heterocycles. The van der Waals surface area contributed by atoms with Crippen LogP contribution >= 0.6 is 0 Å². The van der Waals surface area contributed by atoms with Crippen molar-refractivity contribution in [2.75, 3.05) is 26.7 Å². The van der Waals surface area contributed by atoms with Crippen LogP contribution in [0, 0.1) is 5.92 Å². The second kappa shape index (κ2) is 8.62. The lowest BCUT2D eigenvalue weighted by Crippen LogP contribution is -2.37. The predicted molar refractivity (Wildman–Crippen MR) is 97.3 cm³/mol. The molecule has 0 bridgehead atoms. The van der Waals surface area contributed by atoms with Gasteiger partial charge in [0.05, 0.1) is 13.2 Å². The first-order valence-corrected chi connectivity index (χ1v) is 8.75. The molecular formula is C20H25N3O2. The molecule has 1 aromatic heterocycles. The van der Waals surface area contributed by atoms with Gasteiger partial charge in [-0.05, 0) is 55.1 Å². The van der Waals surface area contributed by atoms with E-state index in [1.807, 2.05) is 42.3 Å². The number of amides is 1. The fourth-order valence-corrected chi connectivity index (χ4v) is 3.15. The summed E-state index contributed by atoms with van der Waals surface area (Å²) in [6.07, 6.45) is 5.45. The molecule has 0 spiro atoms. The van der Waals surface area contributed by atoms with Crippen LogP contribution in [-0.4, -0.2) is 42.5 Å². The van der Waals surface area contributed by atoms with E-state index in [1.165, 1.54) is 5.56 Å². The Morgan fingerprint density at radius 1 is 1.28 bits per heavy atom. The van der Waals surface area contributed by atoms with Crippen molar-refractivity contribution in [2.24, 2.45) is 5.92 Å². The summed E-state index contributed by atoms with van der Waals surface area (Å²) in [5.74, 6) is 1.46. The molecule has 132 valence electrons. The van der Waals surface area contributed by atoms with Crippen molar-refractivity contribution in [2.45, 2.75) is 19.4 Å². The van der Waals surface area contributed by atoms with Crippen LogP contribution < -0.4 is 10.1 Å². The third-order valence-electron chi connectivity index (χ3n) is 4.47. The van der Waals surface area contributed by atoms with Crippen LogP contribution in [0.25, 0.3) is 0 Å². The van der Waals surface area contributed by atoms with Gasteiger partial charge in [-0.15, -0.1) is 0 Å². The van der Waals surface area contributed by atoms with Crippen molar-refractivity contribution in [1.29, 1.82) is 0 Å². The van der Waals surface area contributed by atoms with Crippen molar-refractivity contribution in [3.63, 3.8) is 0 Å². The Labute approximate surface area is 149 Å². The maximum absolute atomic E-state index is 12.2. The lowest BCUT2D eigenvalue weighted by Gasteiger charge is -2.18. The number of pyridine rings is 1. The van der Waals surface area contributed by atoms with Crippen LogP contribution in [-0.2, 0) is 17.8 Å². The Balaban J connectivity index is 1.44. The average Bonchev–Trinajstić information content (AvgIpc) is 2.82. The number of benzene rings is 1. The second-order valence-corrected chi connectivity index (χ2v) is 6.65.